The molecule has 6 heteroatoms. The molecule has 2 aromatic carbocycles. The number of imidazole rings is 1. The molecule has 0 radical (unpaired) electrons. The quantitative estimate of drug-likeness (QED) is 0.611. The number of nitrogens with zero attached hydrogens (tertiary/aromatic N) is 4. The number of hydrogen-bond acceptors (Lipinski definition) is 4. The predicted molar refractivity (Wildman–Crippen MR) is 98.5 cm³/mol. The number of carboxylic acids is 1. The molecular formula is C20H16N4O2. The molecule has 0 fully saturated rings. The van der Waals surface area contributed by atoms with E-state index in [-0.39, 0.29) is 5.56 Å². The molecule has 0 aliphatic carbocycles. The van der Waals surface area contributed by atoms with Gasteiger partial charge in [0.15, 0.2) is 5.65 Å². The van der Waals surface area contributed by atoms with Crippen molar-refractivity contribution in [3.8, 4) is 16.8 Å². The van der Waals surface area contributed by atoms with Gasteiger partial charge in [0.05, 0.1) is 17.4 Å². The number of aromatic carboxylic acids is 1. The van der Waals surface area contributed by atoms with Gasteiger partial charge in [0, 0.05) is 0 Å². The fourth-order valence-corrected chi connectivity index (χ4v) is 3.03. The Hall–Kier alpha value is -3.54. The molecule has 0 aliphatic rings. The molecule has 2 aromatic heterocycles. The Bertz CT molecular complexity index is 1130. The van der Waals surface area contributed by atoms with Crippen molar-refractivity contribution in [2.45, 2.75) is 13.8 Å². The van der Waals surface area contributed by atoms with E-state index in [1.54, 1.807) is 18.3 Å². The SMILES string of the molecule is Cc1ccc(-c2cc(C(=O)O)cc(-n3c(C)nc4cncnc43)c2)cc1. The second-order valence-corrected chi connectivity index (χ2v) is 6.17. The first-order valence-corrected chi connectivity index (χ1v) is 8.14. The Morgan fingerprint density at radius 2 is 1.81 bits per heavy atom. The third kappa shape index (κ3) is 2.71. The predicted octanol–water partition coefficient (Wildman–Crippen LogP) is 3.80. The van der Waals surface area contributed by atoms with E-state index in [1.807, 2.05) is 48.7 Å². The first kappa shape index (κ1) is 16.0. The molecule has 0 saturated carbocycles. The molecule has 0 aliphatic heterocycles. The van der Waals surface area contributed by atoms with Crippen molar-refractivity contribution in [3.05, 3.63) is 71.9 Å². The first-order chi connectivity index (χ1) is 12.5. The van der Waals surface area contributed by atoms with Gasteiger partial charge in [0.2, 0.25) is 0 Å². The molecule has 0 unspecified atom stereocenters. The average molecular weight is 344 g/mol. The average Bonchev–Trinajstić information content (AvgIpc) is 2.97. The standard InChI is InChI=1S/C20H16N4O2/c1-12-3-5-14(6-4-12)15-7-16(20(25)26)9-17(8-15)24-13(2)23-18-10-21-11-22-19(18)24/h3-11H,1-2H3,(H,25,26). The summed E-state index contributed by atoms with van der Waals surface area (Å²) in [6.45, 7) is 3.88. The van der Waals surface area contributed by atoms with Gasteiger partial charge >= 0.3 is 5.97 Å². The normalized spacial score (nSPS) is 11.0. The van der Waals surface area contributed by atoms with E-state index in [4.69, 9.17) is 0 Å². The summed E-state index contributed by atoms with van der Waals surface area (Å²) in [5, 5.41) is 9.55. The van der Waals surface area contributed by atoms with Crippen LogP contribution >= 0.6 is 0 Å². The van der Waals surface area contributed by atoms with Crippen LogP contribution in [0, 0.1) is 13.8 Å². The third-order valence-electron chi connectivity index (χ3n) is 4.30. The van der Waals surface area contributed by atoms with Crippen LogP contribution in [0.25, 0.3) is 28.0 Å². The molecule has 0 spiro atoms. The van der Waals surface area contributed by atoms with Crippen LogP contribution in [-0.4, -0.2) is 30.6 Å². The van der Waals surface area contributed by atoms with Crippen LogP contribution in [-0.2, 0) is 0 Å². The number of aromatic nitrogens is 4. The zero-order chi connectivity index (χ0) is 18.3. The van der Waals surface area contributed by atoms with Gasteiger partial charge in [-0.15, -0.1) is 0 Å². The Morgan fingerprint density at radius 1 is 1.04 bits per heavy atom. The second kappa shape index (κ2) is 6.07. The lowest BCUT2D eigenvalue weighted by atomic mass is 10.0. The number of carboxylic acid groups (broad SMARTS) is 1. The van der Waals surface area contributed by atoms with E-state index in [0.717, 1.165) is 22.5 Å². The Labute approximate surface area is 149 Å². The molecule has 4 aromatic rings. The summed E-state index contributed by atoms with van der Waals surface area (Å²) in [6, 6.07) is 13.3. The molecule has 1 N–H and O–H groups in total. The summed E-state index contributed by atoms with van der Waals surface area (Å²) in [4.78, 5) is 24.4. The van der Waals surface area contributed by atoms with Crippen LogP contribution in [0.3, 0.4) is 0 Å². The van der Waals surface area contributed by atoms with E-state index in [0.29, 0.717) is 16.9 Å². The van der Waals surface area contributed by atoms with E-state index in [1.165, 1.54) is 6.33 Å². The molecule has 0 bridgehead atoms. The minimum atomic E-state index is -0.975. The molecule has 0 atom stereocenters. The molecule has 128 valence electrons. The molecule has 26 heavy (non-hydrogen) atoms. The van der Waals surface area contributed by atoms with Gasteiger partial charge in [-0.1, -0.05) is 29.8 Å². The minimum absolute atomic E-state index is 0.216. The largest absolute Gasteiger partial charge is 0.478 e. The molecule has 6 nitrogen and oxygen atoms in total. The van der Waals surface area contributed by atoms with Crippen molar-refractivity contribution < 1.29 is 9.90 Å². The number of aryl methyl sites for hydroxylation is 2. The maximum Gasteiger partial charge on any atom is 0.335 e. The highest BCUT2D eigenvalue weighted by molar-refractivity contribution is 5.91. The lowest BCUT2D eigenvalue weighted by Crippen LogP contribution is -2.03. The summed E-state index contributed by atoms with van der Waals surface area (Å²) in [5.74, 6) is -0.255. The highest BCUT2D eigenvalue weighted by Gasteiger charge is 2.15. The maximum absolute atomic E-state index is 11.7. The number of benzene rings is 2. The molecule has 0 amide bonds. The molecule has 0 saturated heterocycles. The highest BCUT2D eigenvalue weighted by atomic mass is 16.4. The minimum Gasteiger partial charge on any atom is -0.478 e. The van der Waals surface area contributed by atoms with Gasteiger partial charge in [-0.2, -0.15) is 0 Å². The second-order valence-electron chi connectivity index (χ2n) is 6.17. The number of fused-ring (bicyclic) bond motifs is 1. The van der Waals surface area contributed by atoms with Gasteiger partial charge in [-0.05, 0) is 43.2 Å². The fraction of sp³-hybridized carbons (Fsp3) is 0.100. The van der Waals surface area contributed by atoms with Gasteiger partial charge in [-0.3, -0.25) is 4.57 Å². The van der Waals surface area contributed by atoms with Gasteiger partial charge < -0.3 is 5.11 Å². The van der Waals surface area contributed by atoms with Crippen LogP contribution in [0.2, 0.25) is 0 Å². The Morgan fingerprint density at radius 3 is 2.54 bits per heavy atom. The number of hydrogen-bond donors (Lipinski definition) is 1. The summed E-state index contributed by atoms with van der Waals surface area (Å²) >= 11 is 0. The lowest BCUT2D eigenvalue weighted by molar-refractivity contribution is 0.0697. The Kier molecular flexibility index (Phi) is 3.73. The van der Waals surface area contributed by atoms with Crippen LogP contribution in [0.1, 0.15) is 21.7 Å². The number of rotatable bonds is 3. The summed E-state index contributed by atoms with van der Waals surface area (Å²) in [7, 11) is 0. The van der Waals surface area contributed by atoms with Crippen LogP contribution in [0.4, 0.5) is 0 Å². The molecule has 4 rings (SSSR count). The lowest BCUT2D eigenvalue weighted by Gasteiger charge is -2.11. The Balaban J connectivity index is 1.97. The van der Waals surface area contributed by atoms with Crippen LogP contribution in [0.5, 0.6) is 0 Å². The molecule has 2 heterocycles. The third-order valence-corrected chi connectivity index (χ3v) is 4.30. The smallest absolute Gasteiger partial charge is 0.335 e. The van der Waals surface area contributed by atoms with Crippen molar-refractivity contribution in [2.75, 3.05) is 0 Å². The first-order valence-electron chi connectivity index (χ1n) is 8.14. The monoisotopic (exact) mass is 344 g/mol. The zero-order valence-electron chi connectivity index (χ0n) is 14.3. The van der Waals surface area contributed by atoms with Crippen molar-refractivity contribution in [1.82, 2.24) is 19.5 Å². The summed E-state index contributed by atoms with van der Waals surface area (Å²) in [6.07, 6.45) is 3.11. The van der Waals surface area contributed by atoms with Gasteiger partial charge in [0.25, 0.3) is 0 Å². The van der Waals surface area contributed by atoms with E-state index >= 15 is 0 Å². The van der Waals surface area contributed by atoms with E-state index < -0.39 is 5.97 Å². The van der Waals surface area contributed by atoms with Crippen molar-refractivity contribution in [3.63, 3.8) is 0 Å². The van der Waals surface area contributed by atoms with Crippen molar-refractivity contribution >= 4 is 17.1 Å². The van der Waals surface area contributed by atoms with Crippen molar-refractivity contribution in [1.29, 1.82) is 0 Å². The maximum atomic E-state index is 11.7. The zero-order valence-corrected chi connectivity index (χ0v) is 14.3. The topological polar surface area (TPSA) is 80.9 Å². The van der Waals surface area contributed by atoms with E-state index in [9.17, 15) is 9.90 Å². The summed E-state index contributed by atoms with van der Waals surface area (Å²) in [5.41, 5.74) is 5.17. The van der Waals surface area contributed by atoms with E-state index in [2.05, 4.69) is 15.0 Å². The highest BCUT2D eigenvalue weighted by Crippen LogP contribution is 2.27. The van der Waals surface area contributed by atoms with Crippen LogP contribution in [0.15, 0.2) is 55.0 Å². The molecular weight excluding hydrogens is 328 g/mol. The number of carbonyl (C=O) groups is 1. The van der Waals surface area contributed by atoms with Crippen molar-refractivity contribution in [2.24, 2.45) is 0 Å². The van der Waals surface area contributed by atoms with Gasteiger partial charge in [-0.25, -0.2) is 19.7 Å². The van der Waals surface area contributed by atoms with Gasteiger partial charge in [0.1, 0.15) is 17.7 Å². The summed E-state index contributed by atoms with van der Waals surface area (Å²) < 4.78 is 1.85. The fourth-order valence-electron chi connectivity index (χ4n) is 3.03. The van der Waals surface area contributed by atoms with Crippen LogP contribution < -0.4 is 0 Å².